The van der Waals surface area contributed by atoms with Gasteiger partial charge in [-0.3, -0.25) is 9.69 Å². The molecule has 1 saturated heterocycles. The number of hydrogen-bond acceptors (Lipinski definition) is 3. The zero-order valence-corrected chi connectivity index (χ0v) is 14.6. The minimum atomic E-state index is -0.558. The number of nitrogens with two attached hydrogens (primary N) is 1. The lowest BCUT2D eigenvalue weighted by Crippen LogP contribution is -2.63. The number of amides is 1. The van der Waals surface area contributed by atoms with Crippen molar-refractivity contribution in [3.63, 3.8) is 0 Å². The summed E-state index contributed by atoms with van der Waals surface area (Å²) in [5, 5.41) is 3.23. The van der Waals surface area contributed by atoms with Crippen molar-refractivity contribution in [2.45, 2.75) is 81.7 Å². The van der Waals surface area contributed by atoms with Crippen LogP contribution in [0.25, 0.3) is 0 Å². The summed E-state index contributed by atoms with van der Waals surface area (Å²) in [5.74, 6) is 0.0932. The van der Waals surface area contributed by atoms with Crippen LogP contribution in [0.15, 0.2) is 0 Å². The van der Waals surface area contributed by atoms with Gasteiger partial charge in [0.2, 0.25) is 5.91 Å². The number of nitrogens with zero attached hydrogens (tertiary/aromatic N) is 1. The van der Waals surface area contributed by atoms with Crippen molar-refractivity contribution in [3.8, 4) is 0 Å². The highest BCUT2D eigenvalue weighted by atomic mass is 35.5. The number of carbonyl (C=O) groups is 1. The van der Waals surface area contributed by atoms with Gasteiger partial charge in [0.05, 0.1) is 5.54 Å². The van der Waals surface area contributed by atoms with Gasteiger partial charge < -0.3 is 11.1 Å². The largest absolute Gasteiger partial charge is 0.353 e. The molecule has 0 aromatic rings. The zero-order valence-electron chi connectivity index (χ0n) is 13.7. The Labute approximate surface area is 141 Å². The van der Waals surface area contributed by atoms with E-state index in [4.69, 9.17) is 5.73 Å². The minimum Gasteiger partial charge on any atom is -0.353 e. The quantitative estimate of drug-likeness (QED) is 0.833. The predicted octanol–water partition coefficient (Wildman–Crippen LogP) is 2.59. The molecule has 128 valence electrons. The van der Waals surface area contributed by atoms with Crippen molar-refractivity contribution >= 4 is 18.3 Å². The lowest BCUT2D eigenvalue weighted by Gasteiger charge is -2.49. The summed E-state index contributed by atoms with van der Waals surface area (Å²) < 4.78 is 0. The fourth-order valence-corrected chi connectivity index (χ4v) is 4.39. The third-order valence-corrected chi connectivity index (χ3v) is 6.09. The topological polar surface area (TPSA) is 58.4 Å². The summed E-state index contributed by atoms with van der Waals surface area (Å²) in [4.78, 5) is 15.0. The maximum Gasteiger partial charge on any atom is 0.240 e. The Morgan fingerprint density at radius 2 is 1.50 bits per heavy atom. The molecule has 1 amide bonds. The Kier molecular flexibility index (Phi) is 6.14. The van der Waals surface area contributed by atoms with E-state index in [0.717, 1.165) is 25.8 Å². The Bertz CT molecular complexity index is 372. The van der Waals surface area contributed by atoms with Crippen LogP contribution in [-0.4, -0.2) is 41.5 Å². The van der Waals surface area contributed by atoms with Crippen molar-refractivity contribution < 1.29 is 4.79 Å². The summed E-state index contributed by atoms with van der Waals surface area (Å²) in [5.41, 5.74) is 5.82. The third-order valence-electron chi connectivity index (χ3n) is 6.09. The van der Waals surface area contributed by atoms with E-state index in [1.54, 1.807) is 0 Å². The number of halogens is 1. The van der Waals surface area contributed by atoms with Crippen molar-refractivity contribution in [3.05, 3.63) is 0 Å². The molecular weight excluding hydrogens is 298 g/mol. The molecule has 0 unspecified atom stereocenters. The van der Waals surface area contributed by atoms with Gasteiger partial charge in [0, 0.05) is 12.1 Å². The first-order valence-electron chi connectivity index (χ1n) is 8.97. The average Bonchev–Trinajstić information content (AvgIpc) is 2.52. The van der Waals surface area contributed by atoms with Gasteiger partial charge in [-0.2, -0.15) is 0 Å². The van der Waals surface area contributed by atoms with E-state index in [1.165, 1.54) is 64.5 Å². The standard InChI is InChI=1S/C17H31N3O.ClH/c18-17(10-7-11-17)15(21)19-14-16(8-3-1-4-9-16)20-12-5-2-6-13-20;/h1-14,18H2,(H,19,21);1H. The molecular formula is C17H32ClN3O. The van der Waals surface area contributed by atoms with Crippen LogP contribution in [0.3, 0.4) is 0 Å². The molecule has 0 spiro atoms. The van der Waals surface area contributed by atoms with E-state index in [9.17, 15) is 4.79 Å². The molecule has 5 heteroatoms. The van der Waals surface area contributed by atoms with E-state index in [-0.39, 0.29) is 23.9 Å². The number of hydrogen-bond donors (Lipinski definition) is 2. The van der Waals surface area contributed by atoms with Crippen LogP contribution in [-0.2, 0) is 4.79 Å². The zero-order chi connectivity index (χ0) is 14.8. The first-order valence-corrected chi connectivity index (χ1v) is 8.97. The fraction of sp³-hybridized carbons (Fsp3) is 0.941. The molecule has 3 aliphatic rings. The lowest BCUT2D eigenvalue weighted by molar-refractivity contribution is -0.130. The molecule has 2 aliphatic carbocycles. The molecule has 0 aromatic heterocycles. The van der Waals surface area contributed by atoms with Crippen LogP contribution < -0.4 is 11.1 Å². The first kappa shape index (κ1) is 18.0. The van der Waals surface area contributed by atoms with Gasteiger partial charge in [0.25, 0.3) is 0 Å². The fourth-order valence-electron chi connectivity index (χ4n) is 4.39. The summed E-state index contributed by atoms with van der Waals surface area (Å²) in [6.07, 6.45) is 13.3. The highest BCUT2D eigenvalue weighted by Crippen LogP contribution is 2.36. The molecule has 1 aliphatic heterocycles. The van der Waals surface area contributed by atoms with Gasteiger partial charge in [-0.05, 0) is 58.0 Å². The molecule has 0 atom stereocenters. The maximum absolute atomic E-state index is 12.4. The first-order chi connectivity index (χ1) is 10.1. The minimum absolute atomic E-state index is 0. The smallest absolute Gasteiger partial charge is 0.240 e. The Balaban J connectivity index is 0.00000176. The van der Waals surface area contributed by atoms with Gasteiger partial charge >= 0.3 is 0 Å². The summed E-state index contributed by atoms with van der Waals surface area (Å²) in [6.45, 7) is 3.23. The molecule has 4 nitrogen and oxygen atoms in total. The second kappa shape index (κ2) is 7.50. The van der Waals surface area contributed by atoms with Gasteiger partial charge in [-0.25, -0.2) is 0 Å². The second-order valence-corrected chi connectivity index (χ2v) is 7.53. The van der Waals surface area contributed by atoms with Gasteiger partial charge in [-0.1, -0.05) is 25.7 Å². The van der Waals surface area contributed by atoms with Crippen LogP contribution in [0.1, 0.15) is 70.6 Å². The summed E-state index contributed by atoms with van der Waals surface area (Å²) in [7, 11) is 0. The van der Waals surface area contributed by atoms with Crippen LogP contribution in [0.5, 0.6) is 0 Å². The van der Waals surface area contributed by atoms with Gasteiger partial charge in [0.1, 0.15) is 0 Å². The number of carbonyl (C=O) groups excluding carboxylic acids is 1. The normalized spacial score (nSPS) is 27.3. The van der Waals surface area contributed by atoms with Crippen molar-refractivity contribution in [2.24, 2.45) is 5.73 Å². The lowest BCUT2D eigenvalue weighted by atomic mass is 9.76. The Morgan fingerprint density at radius 1 is 0.909 bits per heavy atom. The molecule has 0 aromatic carbocycles. The number of nitrogens with one attached hydrogen (secondary N) is 1. The molecule has 22 heavy (non-hydrogen) atoms. The third kappa shape index (κ3) is 3.60. The highest BCUT2D eigenvalue weighted by Gasteiger charge is 2.43. The number of likely N-dealkylation sites (tertiary alicyclic amines) is 1. The van der Waals surface area contributed by atoms with Gasteiger partial charge in [0.15, 0.2) is 0 Å². The second-order valence-electron chi connectivity index (χ2n) is 7.53. The summed E-state index contributed by atoms with van der Waals surface area (Å²) in [6, 6.07) is 0. The van der Waals surface area contributed by atoms with Gasteiger partial charge in [-0.15, -0.1) is 12.4 Å². The van der Waals surface area contributed by atoms with Crippen molar-refractivity contribution in [1.82, 2.24) is 10.2 Å². The number of rotatable bonds is 4. The number of piperidine rings is 1. The SMILES string of the molecule is Cl.NC1(C(=O)NCC2(N3CCCCC3)CCCCC2)CCC1. The summed E-state index contributed by atoms with van der Waals surface area (Å²) >= 11 is 0. The van der Waals surface area contributed by atoms with E-state index < -0.39 is 5.54 Å². The maximum atomic E-state index is 12.4. The predicted molar refractivity (Wildman–Crippen MR) is 92.3 cm³/mol. The molecule has 3 fully saturated rings. The van der Waals surface area contributed by atoms with E-state index in [2.05, 4.69) is 10.2 Å². The molecule has 0 radical (unpaired) electrons. The van der Waals surface area contributed by atoms with Crippen LogP contribution in [0.2, 0.25) is 0 Å². The Hall–Kier alpha value is -0.320. The molecule has 3 N–H and O–H groups in total. The van der Waals surface area contributed by atoms with E-state index >= 15 is 0 Å². The van der Waals surface area contributed by atoms with Crippen LogP contribution in [0, 0.1) is 0 Å². The van der Waals surface area contributed by atoms with Crippen LogP contribution in [0.4, 0.5) is 0 Å². The van der Waals surface area contributed by atoms with Crippen molar-refractivity contribution in [1.29, 1.82) is 0 Å². The monoisotopic (exact) mass is 329 g/mol. The Morgan fingerprint density at radius 3 is 2.05 bits per heavy atom. The van der Waals surface area contributed by atoms with Crippen molar-refractivity contribution in [2.75, 3.05) is 19.6 Å². The average molecular weight is 330 g/mol. The molecule has 1 heterocycles. The molecule has 2 saturated carbocycles. The molecule has 0 bridgehead atoms. The van der Waals surface area contributed by atoms with Crippen LogP contribution >= 0.6 is 12.4 Å². The van der Waals surface area contributed by atoms with E-state index in [0.29, 0.717) is 0 Å². The molecule has 3 rings (SSSR count). The highest BCUT2D eigenvalue weighted by molar-refractivity contribution is 5.87. The van der Waals surface area contributed by atoms with E-state index in [1.807, 2.05) is 0 Å².